The van der Waals surface area contributed by atoms with Crippen LogP contribution in [0, 0.1) is 0 Å². The first-order chi connectivity index (χ1) is 29.7. The Bertz CT molecular complexity index is 3500. The zero-order valence-electron chi connectivity index (χ0n) is 38.7. The summed E-state index contributed by atoms with van der Waals surface area (Å²) in [5, 5.41) is 3.32. The van der Waals surface area contributed by atoms with Gasteiger partial charge in [-0.25, -0.2) is 0 Å². The van der Waals surface area contributed by atoms with Crippen LogP contribution in [0.25, 0.3) is 98.8 Å². The van der Waals surface area contributed by atoms with Gasteiger partial charge in [0.15, 0.2) is 0 Å². The van der Waals surface area contributed by atoms with Gasteiger partial charge in [-0.1, -0.05) is 170 Å². The number of furan rings is 1. The molecule has 10 aromatic rings. The average molecular weight is 636 g/mol. The molecule has 0 fully saturated rings. The summed E-state index contributed by atoms with van der Waals surface area (Å²) in [5.74, 6) is 0. The number of para-hydroxylation sites is 1. The summed E-state index contributed by atoms with van der Waals surface area (Å²) in [6.07, 6.45) is 0. The van der Waals surface area contributed by atoms with Crippen molar-refractivity contribution >= 4 is 54.3 Å². The Balaban J connectivity index is 1.23. The lowest BCUT2D eigenvalue weighted by Gasteiger charge is -2.18. The molecule has 0 atom stereocenters. The summed E-state index contributed by atoms with van der Waals surface area (Å²) in [7, 11) is 0. The highest BCUT2D eigenvalue weighted by molar-refractivity contribution is 6.21. The lowest BCUT2D eigenvalue weighted by molar-refractivity contribution is 0.670. The molecular weight excluding hydrogens is 593 g/mol. The quantitative estimate of drug-likeness (QED) is 0.175. The van der Waals surface area contributed by atoms with Crippen molar-refractivity contribution in [2.45, 2.75) is 0 Å². The van der Waals surface area contributed by atoms with Gasteiger partial charge in [-0.2, -0.15) is 0 Å². The maximum Gasteiger partial charge on any atom is 0.143 e. The van der Waals surface area contributed by atoms with Crippen LogP contribution < -0.4 is 0 Å². The van der Waals surface area contributed by atoms with Gasteiger partial charge in [0.1, 0.15) is 11.2 Å². The Labute approximate surface area is 302 Å². The Kier molecular flexibility index (Phi) is 3.99. The van der Waals surface area contributed by atoms with E-state index in [-0.39, 0.29) is 32.7 Å². The molecule has 0 aliphatic heterocycles. The lowest BCUT2D eigenvalue weighted by atomic mass is 9.85. The fourth-order valence-corrected chi connectivity index (χ4v) is 7.03. The third-order valence-electron chi connectivity index (χ3n) is 9.21. The van der Waals surface area contributed by atoms with Crippen molar-refractivity contribution in [2.24, 2.45) is 0 Å². The van der Waals surface area contributed by atoms with Gasteiger partial charge in [-0.05, 0) is 83.4 Å². The van der Waals surface area contributed by atoms with Gasteiger partial charge in [0.05, 0.1) is 17.8 Å². The van der Waals surface area contributed by atoms with Crippen molar-refractivity contribution in [3.05, 3.63) is 182 Å². The molecule has 0 N–H and O–H groups in total. The first-order valence-electron chi connectivity index (χ1n) is 22.3. The molecule has 228 valence electrons. The van der Waals surface area contributed by atoms with Gasteiger partial charge >= 0.3 is 0 Å². The molecule has 1 aromatic heterocycles. The van der Waals surface area contributed by atoms with Crippen LogP contribution in [-0.2, 0) is 0 Å². The summed E-state index contributed by atoms with van der Waals surface area (Å²) in [4.78, 5) is 0. The highest BCUT2D eigenvalue weighted by Gasteiger charge is 2.18. The second-order valence-electron chi connectivity index (χ2n) is 11.8. The summed E-state index contributed by atoms with van der Waals surface area (Å²) in [6.45, 7) is 0. The van der Waals surface area contributed by atoms with Crippen LogP contribution >= 0.6 is 0 Å². The minimum absolute atomic E-state index is 0.0691. The number of hydrogen-bond acceptors (Lipinski definition) is 1. The second-order valence-corrected chi connectivity index (χ2v) is 11.8. The Hall–Kier alpha value is -6.44. The molecule has 0 spiro atoms. The van der Waals surface area contributed by atoms with Crippen LogP contribution in [0.1, 0.15) is 17.8 Å². The van der Waals surface area contributed by atoms with Crippen molar-refractivity contribution in [3.63, 3.8) is 0 Å². The molecule has 1 heteroatoms. The van der Waals surface area contributed by atoms with E-state index in [0.29, 0.717) is 16.7 Å². The van der Waals surface area contributed by atoms with Crippen molar-refractivity contribution in [2.75, 3.05) is 0 Å². The molecule has 0 aliphatic rings. The summed E-state index contributed by atoms with van der Waals surface area (Å²) < 4.78 is 121. The molecule has 0 amide bonds. The van der Waals surface area contributed by atoms with E-state index < -0.39 is 84.1 Å². The summed E-state index contributed by atoms with van der Waals surface area (Å²) in [6, 6.07) is 25.1. The normalized spacial score (nSPS) is 15.4. The smallest absolute Gasteiger partial charge is 0.143 e. The van der Waals surface area contributed by atoms with Gasteiger partial charge in [0.2, 0.25) is 0 Å². The molecule has 0 bridgehead atoms. The van der Waals surface area contributed by atoms with E-state index in [4.69, 9.17) is 16.8 Å². The predicted octanol–water partition coefficient (Wildman–Crippen LogP) is 13.7. The van der Waals surface area contributed by atoms with Gasteiger partial charge in [-0.3, -0.25) is 0 Å². The average Bonchev–Trinajstić information content (AvgIpc) is 3.67. The minimum Gasteiger partial charge on any atom is -0.455 e. The van der Waals surface area contributed by atoms with Crippen LogP contribution in [-0.4, -0.2) is 0 Å². The monoisotopic (exact) mass is 635 g/mol. The Morgan fingerprint density at radius 1 is 0.367 bits per heavy atom. The van der Waals surface area contributed by atoms with Gasteiger partial charge < -0.3 is 4.42 Å². The molecule has 9 aromatic carbocycles. The van der Waals surface area contributed by atoms with E-state index in [0.717, 1.165) is 43.8 Å². The predicted molar refractivity (Wildman–Crippen MR) is 208 cm³/mol. The van der Waals surface area contributed by atoms with E-state index in [1.165, 1.54) is 0 Å². The van der Waals surface area contributed by atoms with Crippen molar-refractivity contribution in [1.82, 2.24) is 0 Å². The van der Waals surface area contributed by atoms with Gasteiger partial charge in [-0.15, -0.1) is 0 Å². The molecular formula is C48H30O. The highest BCUT2D eigenvalue weighted by Crippen LogP contribution is 2.44. The van der Waals surface area contributed by atoms with Gasteiger partial charge in [0, 0.05) is 16.3 Å². The topological polar surface area (TPSA) is 13.1 Å². The summed E-state index contributed by atoms with van der Waals surface area (Å²) >= 11 is 0. The Morgan fingerprint density at radius 2 is 0.918 bits per heavy atom. The summed E-state index contributed by atoms with van der Waals surface area (Å²) in [5.41, 5.74) is 4.60. The van der Waals surface area contributed by atoms with Crippen LogP contribution in [0.5, 0.6) is 0 Å². The third-order valence-corrected chi connectivity index (χ3v) is 9.21. The molecule has 1 heterocycles. The molecule has 0 unspecified atom stereocenters. The van der Waals surface area contributed by atoms with E-state index in [1.54, 1.807) is 24.3 Å². The molecule has 0 radical (unpaired) electrons. The standard InChI is InChI=1S/C48H30O/c1-2-13-33(14-3-1)46-40-17-6-8-19-42(40)47(43-20-9-7-18-41(43)46)34-26-24-32(25-27-34)38-22-11-23-44-39-29-28-35(30-45(39)49-48(38)44)37-21-10-15-31-12-4-5-16-36(31)37/h1-30H/i1D,2D,3D,6D,7D,8D,9D,13D,14D,17D,18D,19D,20D. The number of hydrogen-bond donors (Lipinski definition) is 0. The van der Waals surface area contributed by atoms with Crippen LogP contribution in [0.2, 0.25) is 0 Å². The van der Waals surface area contributed by atoms with Crippen LogP contribution in [0.15, 0.2) is 186 Å². The van der Waals surface area contributed by atoms with Crippen molar-refractivity contribution < 1.29 is 22.2 Å². The zero-order chi connectivity index (χ0) is 43.6. The number of fused-ring (bicyclic) bond motifs is 6. The molecule has 0 aliphatic carbocycles. The first kappa shape index (κ1) is 17.6. The maximum absolute atomic E-state index is 9.23. The van der Waals surface area contributed by atoms with Crippen molar-refractivity contribution in [1.29, 1.82) is 0 Å². The molecule has 10 rings (SSSR count). The fraction of sp³-hybridized carbons (Fsp3) is 0. The molecule has 0 saturated carbocycles. The van der Waals surface area contributed by atoms with E-state index in [2.05, 4.69) is 36.4 Å². The van der Waals surface area contributed by atoms with Crippen LogP contribution in [0.4, 0.5) is 0 Å². The minimum atomic E-state index is -0.714. The van der Waals surface area contributed by atoms with E-state index >= 15 is 0 Å². The molecule has 1 nitrogen and oxygen atoms in total. The fourth-order valence-electron chi connectivity index (χ4n) is 7.03. The number of benzene rings is 9. The number of rotatable bonds is 4. The van der Waals surface area contributed by atoms with E-state index in [9.17, 15) is 5.48 Å². The third kappa shape index (κ3) is 4.40. The lowest BCUT2D eigenvalue weighted by Crippen LogP contribution is -1.90. The Morgan fingerprint density at radius 3 is 1.65 bits per heavy atom. The first-order valence-corrected chi connectivity index (χ1v) is 15.8. The SMILES string of the molecule is [2H]c1c([2H])c([2H])c(-c2c3c([2H])c([2H])c([2H])c([2H])c3c(-c3ccc(-c4cccc5c4oc4cc(-c6cccc7ccccc67)ccc45)cc3)c3c([2H])c([2H])c([2H])c([2H])c23)c([2H])c1[2H]. The van der Waals surface area contributed by atoms with Crippen molar-refractivity contribution in [3.8, 4) is 44.5 Å². The van der Waals surface area contributed by atoms with Gasteiger partial charge in [0.25, 0.3) is 0 Å². The highest BCUT2D eigenvalue weighted by atomic mass is 16.3. The largest absolute Gasteiger partial charge is 0.455 e. The van der Waals surface area contributed by atoms with E-state index in [1.807, 2.05) is 42.5 Å². The second kappa shape index (κ2) is 11.1. The molecule has 0 saturated heterocycles. The van der Waals surface area contributed by atoms with Crippen LogP contribution in [0.3, 0.4) is 0 Å². The zero-order valence-corrected chi connectivity index (χ0v) is 25.7. The molecule has 49 heavy (non-hydrogen) atoms. The maximum atomic E-state index is 9.23.